The zero-order chi connectivity index (χ0) is 27.5. The van der Waals surface area contributed by atoms with Crippen LogP contribution in [-0.2, 0) is 0 Å². The van der Waals surface area contributed by atoms with Crippen LogP contribution >= 0.6 is 0 Å². The summed E-state index contributed by atoms with van der Waals surface area (Å²) >= 11 is 0. The Morgan fingerprint density at radius 3 is 1.67 bits per heavy atom. The van der Waals surface area contributed by atoms with Crippen LogP contribution in [0.15, 0.2) is 97.1 Å². The Morgan fingerprint density at radius 1 is 0.564 bits per heavy atom. The van der Waals surface area contributed by atoms with Crippen molar-refractivity contribution >= 4 is 75.9 Å². The molecule has 0 unspecified atom stereocenters. The minimum atomic E-state index is -1.59. The molecule has 0 N–H and O–H groups in total. The first kappa shape index (κ1) is 25.4. The van der Waals surface area contributed by atoms with Gasteiger partial charge < -0.3 is 4.90 Å². The predicted octanol–water partition coefficient (Wildman–Crippen LogP) is 9.02. The summed E-state index contributed by atoms with van der Waals surface area (Å²) in [4.78, 5) is 2.42. The molecule has 6 aromatic carbocycles. The molecule has 0 aromatic heterocycles. The van der Waals surface area contributed by atoms with Gasteiger partial charge >= 0.3 is 0 Å². The van der Waals surface area contributed by atoms with Gasteiger partial charge in [-0.25, -0.2) is 0 Å². The lowest BCUT2D eigenvalue weighted by atomic mass is 9.93. The summed E-state index contributed by atoms with van der Waals surface area (Å²) in [5.74, 6) is 0. The van der Waals surface area contributed by atoms with Gasteiger partial charge in [0.05, 0.1) is 33.5 Å². The fourth-order valence-electron chi connectivity index (χ4n) is 5.63. The first-order valence-electron chi connectivity index (χ1n) is 13.7. The van der Waals surface area contributed by atoms with Gasteiger partial charge in [-0.15, -0.1) is 0 Å². The lowest BCUT2D eigenvalue weighted by Crippen LogP contribution is -2.45. The van der Waals surface area contributed by atoms with E-state index in [1.807, 2.05) is 12.1 Å². The zero-order valence-corrected chi connectivity index (χ0v) is 25.6. The molecule has 6 aromatic rings. The Hall–Kier alpha value is -3.92. The summed E-state index contributed by atoms with van der Waals surface area (Å²) < 4.78 is 0. The lowest BCUT2D eigenvalue weighted by molar-refractivity contribution is 1.30. The van der Waals surface area contributed by atoms with Crippen molar-refractivity contribution in [3.63, 3.8) is 0 Å². The van der Waals surface area contributed by atoms with Crippen LogP contribution in [0.2, 0.25) is 39.3 Å². The maximum atomic E-state index is 9.50. The molecule has 0 amide bonds. The Labute approximate surface area is 233 Å². The number of nitriles is 1. The van der Waals surface area contributed by atoms with Crippen LogP contribution in [0.1, 0.15) is 5.56 Å². The minimum Gasteiger partial charge on any atom is -0.310 e. The van der Waals surface area contributed by atoms with Crippen molar-refractivity contribution in [2.24, 2.45) is 0 Å². The maximum absolute atomic E-state index is 9.50. The van der Waals surface area contributed by atoms with Crippen molar-refractivity contribution in [3.05, 3.63) is 103 Å². The molecular formula is C35H34N2Si2. The topological polar surface area (TPSA) is 27.0 Å². The molecule has 39 heavy (non-hydrogen) atoms. The monoisotopic (exact) mass is 538 g/mol. The standard InChI is InChI=1S/C35H34N2Si2/c1-38(2,3)30-20-29(21-31(22-30)39(4,5)6)37(28-16-10-24(23-36)11-17-28)33-19-15-27-13-12-25-8-7-9-26-14-18-32(33)35(27)34(25)26/h7-22H,1-6H3. The van der Waals surface area contributed by atoms with E-state index in [4.69, 9.17) is 0 Å². The van der Waals surface area contributed by atoms with E-state index in [1.165, 1.54) is 54.1 Å². The molecule has 0 bridgehead atoms. The second-order valence-electron chi connectivity index (χ2n) is 12.7. The Balaban J connectivity index is 1.70. The van der Waals surface area contributed by atoms with Crippen LogP contribution in [0.25, 0.3) is 32.3 Å². The first-order valence-corrected chi connectivity index (χ1v) is 20.7. The second kappa shape index (κ2) is 9.08. The van der Waals surface area contributed by atoms with Crippen LogP contribution in [0.4, 0.5) is 17.1 Å². The molecule has 6 rings (SSSR count). The van der Waals surface area contributed by atoms with Crippen molar-refractivity contribution in [1.82, 2.24) is 0 Å². The zero-order valence-electron chi connectivity index (χ0n) is 23.6. The highest BCUT2D eigenvalue weighted by atomic mass is 28.3. The van der Waals surface area contributed by atoms with Crippen molar-refractivity contribution in [2.45, 2.75) is 39.3 Å². The first-order chi connectivity index (χ1) is 18.5. The van der Waals surface area contributed by atoms with Crippen LogP contribution < -0.4 is 15.3 Å². The molecule has 0 aliphatic carbocycles. The number of benzene rings is 6. The van der Waals surface area contributed by atoms with E-state index in [1.54, 1.807) is 0 Å². The average molecular weight is 539 g/mol. The summed E-state index contributed by atoms with van der Waals surface area (Å²) in [5, 5.41) is 20.1. The molecule has 0 atom stereocenters. The summed E-state index contributed by atoms with van der Waals surface area (Å²) in [7, 11) is -3.18. The molecule has 0 heterocycles. The van der Waals surface area contributed by atoms with Crippen molar-refractivity contribution in [1.29, 1.82) is 5.26 Å². The van der Waals surface area contributed by atoms with Gasteiger partial charge in [-0.3, -0.25) is 0 Å². The fraction of sp³-hybridized carbons (Fsp3) is 0.171. The van der Waals surface area contributed by atoms with Crippen LogP contribution in [0, 0.1) is 11.3 Å². The van der Waals surface area contributed by atoms with E-state index in [2.05, 4.69) is 135 Å². The molecule has 0 saturated carbocycles. The Morgan fingerprint density at radius 2 is 1.10 bits per heavy atom. The molecule has 0 radical (unpaired) electrons. The van der Waals surface area contributed by atoms with Crippen molar-refractivity contribution < 1.29 is 0 Å². The molecule has 0 spiro atoms. The number of nitrogens with zero attached hydrogens (tertiary/aromatic N) is 2. The molecule has 2 nitrogen and oxygen atoms in total. The predicted molar refractivity (Wildman–Crippen MR) is 176 cm³/mol. The average Bonchev–Trinajstić information content (AvgIpc) is 2.92. The number of hydrogen-bond acceptors (Lipinski definition) is 2. The number of rotatable bonds is 5. The highest BCUT2D eigenvalue weighted by Gasteiger charge is 2.26. The normalized spacial score (nSPS) is 12.3. The van der Waals surface area contributed by atoms with E-state index in [-0.39, 0.29) is 0 Å². The highest BCUT2D eigenvalue weighted by molar-refractivity contribution is 6.91. The lowest BCUT2D eigenvalue weighted by Gasteiger charge is -2.31. The van der Waals surface area contributed by atoms with Gasteiger partial charge in [-0.2, -0.15) is 5.26 Å². The van der Waals surface area contributed by atoms with Crippen molar-refractivity contribution in [2.75, 3.05) is 4.90 Å². The smallest absolute Gasteiger partial charge is 0.0991 e. The third-order valence-electron chi connectivity index (χ3n) is 7.91. The van der Waals surface area contributed by atoms with Gasteiger partial charge in [-0.05, 0) is 69.4 Å². The SMILES string of the molecule is C[Si](C)(C)c1cc(N(c2ccc(C#N)cc2)c2ccc3ccc4cccc5ccc2c3c45)cc([Si](C)(C)C)c1. The Bertz CT molecular complexity index is 1840. The second-order valence-corrected chi connectivity index (χ2v) is 22.9. The minimum absolute atomic E-state index is 0.674. The Kier molecular flexibility index (Phi) is 5.91. The summed E-state index contributed by atoms with van der Waals surface area (Å²) in [6.07, 6.45) is 0. The van der Waals surface area contributed by atoms with E-state index < -0.39 is 16.1 Å². The van der Waals surface area contributed by atoms with E-state index in [9.17, 15) is 5.26 Å². The van der Waals surface area contributed by atoms with E-state index in [0.717, 1.165) is 5.69 Å². The third-order valence-corrected chi connectivity index (χ3v) is 12.0. The quantitative estimate of drug-likeness (QED) is 0.162. The van der Waals surface area contributed by atoms with Gasteiger partial charge in [0.2, 0.25) is 0 Å². The third kappa shape index (κ3) is 4.42. The number of anilines is 3. The van der Waals surface area contributed by atoms with Gasteiger partial charge in [0.15, 0.2) is 0 Å². The van der Waals surface area contributed by atoms with Gasteiger partial charge in [0.1, 0.15) is 0 Å². The summed E-state index contributed by atoms with van der Waals surface area (Å²) in [5.41, 5.74) is 4.11. The van der Waals surface area contributed by atoms with Gasteiger partial charge in [-0.1, -0.05) is 104 Å². The van der Waals surface area contributed by atoms with Crippen LogP contribution in [0.3, 0.4) is 0 Å². The van der Waals surface area contributed by atoms with Gasteiger partial charge in [0.25, 0.3) is 0 Å². The molecular weight excluding hydrogens is 505 g/mol. The molecule has 0 saturated heterocycles. The summed E-state index contributed by atoms with van der Waals surface area (Å²) in [6.45, 7) is 14.6. The molecule has 4 heteroatoms. The molecule has 0 aliphatic rings. The van der Waals surface area contributed by atoms with Crippen LogP contribution in [0.5, 0.6) is 0 Å². The maximum Gasteiger partial charge on any atom is 0.0991 e. The van der Waals surface area contributed by atoms with Gasteiger partial charge in [0, 0.05) is 16.8 Å². The fourth-order valence-corrected chi connectivity index (χ4v) is 8.12. The van der Waals surface area contributed by atoms with E-state index >= 15 is 0 Å². The van der Waals surface area contributed by atoms with Crippen LogP contribution in [-0.4, -0.2) is 16.1 Å². The molecule has 192 valence electrons. The highest BCUT2D eigenvalue weighted by Crippen LogP contribution is 2.43. The molecule has 0 fully saturated rings. The molecule has 0 aliphatic heterocycles. The number of hydrogen-bond donors (Lipinski definition) is 0. The van der Waals surface area contributed by atoms with Crippen molar-refractivity contribution in [3.8, 4) is 6.07 Å². The van der Waals surface area contributed by atoms with E-state index in [0.29, 0.717) is 5.56 Å². The summed E-state index contributed by atoms with van der Waals surface area (Å²) in [6, 6.07) is 37.8. The largest absolute Gasteiger partial charge is 0.310 e.